The lowest BCUT2D eigenvalue weighted by Gasteiger charge is -2.41. The van der Waals surface area contributed by atoms with Gasteiger partial charge < -0.3 is 14.5 Å². The minimum atomic E-state index is -0.0549. The molecule has 1 fully saturated rings. The van der Waals surface area contributed by atoms with Gasteiger partial charge in [-0.15, -0.1) is 0 Å². The third kappa shape index (κ3) is 4.93. The smallest absolute Gasteiger partial charge is 0.257 e. The molecule has 0 spiro atoms. The van der Waals surface area contributed by atoms with Crippen LogP contribution in [0.25, 0.3) is 0 Å². The van der Waals surface area contributed by atoms with E-state index in [-0.39, 0.29) is 29.9 Å². The Kier molecular flexibility index (Phi) is 7.57. The van der Waals surface area contributed by atoms with Crippen molar-refractivity contribution in [1.29, 1.82) is 0 Å². The number of benzene rings is 1. The van der Waals surface area contributed by atoms with E-state index in [1.165, 1.54) is 0 Å². The average molecular weight is 401 g/mol. The van der Waals surface area contributed by atoms with Crippen LogP contribution in [0.5, 0.6) is 5.75 Å². The monoisotopic (exact) mass is 400 g/mol. The summed E-state index contributed by atoms with van der Waals surface area (Å²) in [6.07, 6.45) is 7.64. The number of para-hydroxylation sites is 1. The van der Waals surface area contributed by atoms with Crippen molar-refractivity contribution in [3.63, 3.8) is 0 Å². The van der Waals surface area contributed by atoms with E-state index in [4.69, 9.17) is 4.74 Å². The van der Waals surface area contributed by atoms with Crippen LogP contribution in [0.4, 0.5) is 0 Å². The van der Waals surface area contributed by atoms with Crippen LogP contribution in [0.3, 0.4) is 0 Å². The topological polar surface area (TPSA) is 49.9 Å². The van der Waals surface area contributed by atoms with Crippen LogP contribution in [0.2, 0.25) is 0 Å². The van der Waals surface area contributed by atoms with Gasteiger partial charge >= 0.3 is 0 Å². The Morgan fingerprint density at radius 1 is 1.07 bits per heavy atom. The SMILES string of the molecule is CCC(CC)C(=O)N1CCCCN(C)C(=O)c2ccccc2O[C@H]2CCCC[C@H]21. The van der Waals surface area contributed by atoms with Gasteiger partial charge in [-0.2, -0.15) is 0 Å². The summed E-state index contributed by atoms with van der Waals surface area (Å²) < 4.78 is 6.48. The van der Waals surface area contributed by atoms with E-state index < -0.39 is 0 Å². The van der Waals surface area contributed by atoms with E-state index in [2.05, 4.69) is 18.7 Å². The van der Waals surface area contributed by atoms with Gasteiger partial charge in [-0.1, -0.05) is 32.4 Å². The van der Waals surface area contributed by atoms with E-state index in [1.807, 2.05) is 31.3 Å². The first-order valence-electron chi connectivity index (χ1n) is 11.4. The Morgan fingerprint density at radius 2 is 1.76 bits per heavy atom. The number of amides is 2. The maximum Gasteiger partial charge on any atom is 0.257 e. The Balaban J connectivity index is 1.95. The summed E-state index contributed by atoms with van der Waals surface area (Å²) in [5.41, 5.74) is 0.623. The molecular formula is C24H36N2O3. The quantitative estimate of drug-likeness (QED) is 0.750. The molecule has 1 saturated carbocycles. The molecule has 1 aromatic carbocycles. The lowest BCUT2D eigenvalue weighted by molar-refractivity contribution is -0.141. The minimum absolute atomic E-state index is 0.0125. The standard InChI is InChI=1S/C24H36N2O3/c1-4-18(5-2)23(27)26-17-11-10-16-25(3)24(28)19-12-6-8-14-21(19)29-22-15-9-7-13-20(22)26/h6,8,12,14,18,20,22H,4-5,7,9-11,13,15-17H2,1-3H3/t20-,22+/m1/s1. The first kappa shape index (κ1) is 21.7. The second kappa shape index (κ2) is 10.1. The highest BCUT2D eigenvalue weighted by Crippen LogP contribution is 2.31. The van der Waals surface area contributed by atoms with Crippen molar-refractivity contribution in [1.82, 2.24) is 9.80 Å². The number of ether oxygens (including phenoxy) is 1. The fourth-order valence-electron chi connectivity index (χ4n) is 4.73. The third-order valence-corrected chi connectivity index (χ3v) is 6.57. The molecule has 2 aliphatic rings. The molecule has 5 nitrogen and oxygen atoms in total. The number of hydrogen-bond acceptors (Lipinski definition) is 3. The predicted molar refractivity (Wildman–Crippen MR) is 115 cm³/mol. The van der Waals surface area contributed by atoms with Gasteiger partial charge in [0.25, 0.3) is 5.91 Å². The molecule has 1 aromatic rings. The maximum atomic E-state index is 13.4. The first-order chi connectivity index (χ1) is 14.1. The third-order valence-electron chi connectivity index (χ3n) is 6.57. The highest BCUT2D eigenvalue weighted by molar-refractivity contribution is 5.96. The van der Waals surface area contributed by atoms with Crippen molar-refractivity contribution in [2.75, 3.05) is 20.1 Å². The summed E-state index contributed by atoms with van der Waals surface area (Å²) in [4.78, 5) is 30.2. The molecule has 0 aromatic heterocycles. The molecule has 0 unspecified atom stereocenters. The van der Waals surface area contributed by atoms with Gasteiger partial charge in [0, 0.05) is 26.1 Å². The zero-order chi connectivity index (χ0) is 20.8. The molecule has 1 aliphatic heterocycles. The summed E-state index contributed by atoms with van der Waals surface area (Å²) in [5.74, 6) is 1.03. The van der Waals surface area contributed by atoms with Gasteiger partial charge in [-0.25, -0.2) is 0 Å². The normalized spacial score (nSPS) is 23.5. The fraction of sp³-hybridized carbons (Fsp3) is 0.667. The lowest BCUT2D eigenvalue weighted by Crippen LogP contribution is -2.52. The molecule has 1 heterocycles. The number of fused-ring (bicyclic) bond motifs is 2. The number of carbonyl (C=O) groups is 2. The van der Waals surface area contributed by atoms with Crippen LogP contribution in [-0.4, -0.2) is 53.9 Å². The highest BCUT2D eigenvalue weighted by atomic mass is 16.5. The highest BCUT2D eigenvalue weighted by Gasteiger charge is 2.36. The van der Waals surface area contributed by atoms with E-state index in [1.54, 1.807) is 4.90 Å². The van der Waals surface area contributed by atoms with Gasteiger partial charge in [0.05, 0.1) is 11.6 Å². The van der Waals surface area contributed by atoms with Gasteiger partial charge in [0.15, 0.2) is 0 Å². The molecule has 5 heteroatoms. The largest absolute Gasteiger partial charge is 0.487 e. The fourth-order valence-corrected chi connectivity index (χ4v) is 4.73. The minimum Gasteiger partial charge on any atom is -0.487 e. The average Bonchev–Trinajstić information content (AvgIpc) is 2.74. The van der Waals surface area contributed by atoms with Gasteiger partial charge in [-0.3, -0.25) is 9.59 Å². The zero-order valence-electron chi connectivity index (χ0n) is 18.2. The Bertz CT molecular complexity index is 701. The molecule has 0 bridgehead atoms. The Labute approximate surface area is 175 Å². The van der Waals surface area contributed by atoms with Crippen LogP contribution in [-0.2, 0) is 4.79 Å². The summed E-state index contributed by atoms with van der Waals surface area (Å²) in [7, 11) is 1.85. The van der Waals surface area contributed by atoms with Gasteiger partial charge in [-0.05, 0) is 57.1 Å². The van der Waals surface area contributed by atoms with E-state index in [9.17, 15) is 9.59 Å². The molecule has 2 amide bonds. The van der Waals surface area contributed by atoms with Gasteiger partial charge in [0.1, 0.15) is 11.9 Å². The van der Waals surface area contributed by atoms with Crippen molar-refractivity contribution < 1.29 is 14.3 Å². The van der Waals surface area contributed by atoms with Crippen molar-refractivity contribution in [2.45, 2.75) is 77.4 Å². The molecule has 29 heavy (non-hydrogen) atoms. The molecule has 1 aliphatic carbocycles. The van der Waals surface area contributed by atoms with Crippen LogP contribution in [0, 0.1) is 5.92 Å². The van der Waals surface area contributed by atoms with Crippen molar-refractivity contribution in [3.05, 3.63) is 29.8 Å². The predicted octanol–water partition coefficient (Wildman–Crippen LogP) is 4.51. The molecule has 3 rings (SSSR count). The van der Waals surface area contributed by atoms with Crippen LogP contribution >= 0.6 is 0 Å². The second-order valence-corrected chi connectivity index (χ2v) is 8.48. The Morgan fingerprint density at radius 3 is 2.52 bits per heavy atom. The Hall–Kier alpha value is -2.04. The van der Waals surface area contributed by atoms with Gasteiger partial charge in [0.2, 0.25) is 5.91 Å². The second-order valence-electron chi connectivity index (χ2n) is 8.48. The van der Waals surface area contributed by atoms with Crippen molar-refractivity contribution in [2.24, 2.45) is 5.92 Å². The summed E-state index contributed by atoms with van der Waals surface area (Å²) >= 11 is 0. The molecular weight excluding hydrogens is 364 g/mol. The maximum absolute atomic E-state index is 13.4. The number of rotatable bonds is 3. The molecule has 160 valence electrons. The first-order valence-corrected chi connectivity index (χ1v) is 11.4. The van der Waals surface area contributed by atoms with E-state index in [0.29, 0.717) is 17.9 Å². The molecule has 0 radical (unpaired) electrons. The number of nitrogens with zero attached hydrogens (tertiary/aromatic N) is 2. The van der Waals surface area contributed by atoms with Crippen LogP contribution in [0.15, 0.2) is 24.3 Å². The number of carbonyl (C=O) groups excluding carboxylic acids is 2. The van der Waals surface area contributed by atoms with Crippen molar-refractivity contribution in [3.8, 4) is 5.75 Å². The van der Waals surface area contributed by atoms with Crippen LogP contribution < -0.4 is 4.74 Å². The zero-order valence-corrected chi connectivity index (χ0v) is 18.2. The number of hydrogen-bond donors (Lipinski definition) is 0. The van der Waals surface area contributed by atoms with Crippen molar-refractivity contribution >= 4 is 11.8 Å². The van der Waals surface area contributed by atoms with E-state index >= 15 is 0 Å². The lowest BCUT2D eigenvalue weighted by atomic mass is 9.89. The summed E-state index contributed by atoms with van der Waals surface area (Å²) in [6, 6.07) is 7.65. The molecule has 2 atom stereocenters. The molecule has 0 N–H and O–H groups in total. The van der Waals surface area contributed by atoms with E-state index in [0.717, 1.165) is 57.9 Å². The van der Waals surface area contributed by atoms with Crippen LogP contribution in [0.1, 0.15) is 75.6 Å². The summed E-state index contributed by atoms with van der Waals surface area (Å²) in [6.45, 7) is 5.65. The summed E-state index contributed by atoms with van der Waals surface area (Å²) in [5, 5.41) is 0. The molecule has 0 saturated heterocycles.